The summed E-state index contributed by atoms with van der Waals surface area (Å²) in [5, 5.41) is 2.86. The van der Waals surface area contributed by atoms with E-state index in [4.69, 9.17) is 4.74 Å². The lowest BCUT2D eigenvalue weighted by atomic mass is 10.1. The van der Waals surface area contributed by atoms with Gasteiger partial charge >= 0.3 is 0 Å². The number of H-pyrrole nitrogens is 1. The van der Waals surface area contributed by atoms with E-state index in [9.17, 15) is 4.79 Å². The van der Waals surface area contributed by atoms with Crippen molar-refractivity contribution in [1.82, 2.24) is 4.98 Å². The maximum atomic E-state index is 12.2. The van der Waals surface area contributed by atoms with E-state index in [1.165, 1.54) is 0 Å². The third-order valence-electron chi connectivity index (χ3n) is 4.64. The van der Waals surface area contributed by atoms with Crippen LogP contribution in [0.2, 0.25) is 0 Å². The summed E-state index contributed by atoms with van der Waals surface area (Å²) in [7, 11) is 0. The van der Waals surface area contributed by atoms with Gasteiger partial charge in [0.25, 0.3) is 11.7 Å². The van der Waals surface area contributed by atoms with Gasteiger partial charge in [0.15, 0.2) is 6.61 Å². The van der Waals surface area contributed by atoms with Gasteiger partial charge in [-0.3, -0.25) is 4.79 Å². The van der Waals surface area contributed by atoms with Gasteiger partial charge < -0.3 is 10.1 Å². The molecule has 0 saturated carbocycles. The Bertz CT molecular complexity index is 1090. The largest absolute Gasteiger partial charge is 0.484 e. The highest BCUT2D eigenvalue weighted by molar-refractivity contribution is 5.92. The number of anilines is 1. The first-order valence-electron chi connectivity index (χ1n) is 9.43. The van der Waals surface area contributed by atoms with Gasteiger partial charge in [0.05, 0.1) is 0 Å². The Kier molecular flexibility index (Phi) is 5.38. The molecular weight excluding hydrogens is 362 g/mol. The highest BCUT2D eigenvalue weighted by Crippen LogP contribution is 2.21. The Balaban J connectivity index is 1.31. The molecule has 0 atom stereocenters. The smallest absolute Gasteiger partial charge is 0.262 e. The van der Waals surface area contributed by atoms with Crippen LogP contribution in [0.3, 0.4) is 0 Å². The van der Waals surface area contributed by atoms with Gasteiger partial charge in [0.1, 0.15) is 23.8 Å². The molecule has 144 valence electrons. The topological polar surface area (TPSA) is 58.0 Å². The molecule has 5 nitrogen and oxygen atoms in total. The maximum Gasteiger partial charge on any atom is 0.262 e. The number of benzene rings is 3. The van der Waals surface area contributed by atoms with Crippen molar-refractivity contribution in [1.29, 1.82) is 0 Å². The zero-order valence-electron chi connectivity index (χ0n) is 16.1. The molecule has 4 rings (SSSR count). The molecule has 0 unspecified atom stereocenters. The molecule has 1 aromatic heterocycles. The Morgan fingerprint density at radius 1 is 0.931 bits per heavy atom. The Morgan fingerprint density at radius 3 is 2.28 bits per heavy atom. The van der Waals surface area contributed by atoms with Crippen molar-refractivity contribution in [2.24, 2.45) is 0 Å². The molecule has 0 aliphatic rings. The molecule has 4 aromatic rings. The minimum atomic E-state index is -0.197. The molecule has 0 bridgehead atoms. The van der Waals surface area contributed by atoms with Gasteiger partial charge in [-0.1, -0.05) is 42.5 Å². The second kappa shape index (κ2) is 8.44. The van der Waals surface area contributed by atoms with Gasteiger partial charge in [-0.05, 0) is 47.5 Å². The van der Waals surface area contributed by atoms with E-state index in [2.05, 4.69) is 22.4 Å². The molecule has 5 heteroatoms. The Morgan fingerprint density at radius 2 is 1.62 bits per heavy atom. The zero-order chi connectivity index (χ0) is 20.1. The fourth-order valence-electron chi connectivity index (χ4n) is 3.12. The number of hydrogen-bond donors (Lipinski definition) is 2. The van der Waals surface area contributed by atoms with Crippen molar-refractivity contribution in [2.75, 3.05) is 11.9 Å². The zero-order valence-corrected chi connectivity index (χ0v) is 16.1. The number of aryl methyl sites for hydroxylation is 1. The monoisotopic (exact) mass is 384 g/mol. The van der Waals surface area contributed by atoms with Crippen LogP contribution in [0.5, 0.6) is 5.75 Å². The summed E-state index contributed by atoms with van der Waals surface area (Å²) in [6, 6.07) is 25.5. The van der Waals surface area contributed by atoms with E-state index in [0.29, 0.717) is 5.75 Å². The number of carbonyl (C=O) groups excluding carboxylic acids is 1. The number of ether oxygens (including phenoxy) is 1. The van der Waals surface area contributed by atoms with E-state index >= 15 is 0 Å². The van der Waals surface area contributed by atoms with Gasteiger partial charge in [-0.25, -0.2) is 9.55 Å². The van der Waals surface area contributed by atoms with E-state index in [1.54, 1.807) is 0 Å². The summed E-state index contributed by atoms with van der Waals surface area (Å²) < 4.78 is 7.64. The van der Waals surface area contributed by atoms with Crippen LogP contribution in [0.1, 0.15) is 5.82 Å². The number of hydrogen-bond acceptors (Lipinski definition) is 2. The number of nitrogens with zero attached hydrogens (tertiary/aromatic N) is 1. The Hall–Kier alpha value is -3.86. The van der Waals surface area contributed by atoms with Gasteiger partial charge in [-0.2, -0.15) is 0 Å². The van der Waals surface area contributed by atoms with Crippen molar-refractivity contribution in [3.05, 3.63) is 97.1 Å². The number of rotatable bonds is 6. The van der Waals surface area contributed by atoms with Crippen LogP contribution in [0.15, 0.2) is 91.3 Å². The summed E-state index contributed by atoms with van der Waals surface area (Å²) >= 11 is 0. The molecule has 29 heavy (non-hydrogen) atoms. The number of carbonyl (C=O) groups is 1. The van der Waals surface area contributed by atoms with E-state index in [-0.39, 0.29) is 12.5 Å². The summed E-state index contributed by atoms with van der Waals surface area (Å²) in [5.41, 5.74) is 4.02. The molecule has 2 N–H and O–H groups in total. The molecular formula is C24H22N3O2+. The maximum absolute atomic E-state index is 12.2. The first-order chi connectivity index (χ1) is 14.2. The fraction of sp³-hybridized carbons (Fsp3) is 0.0833. The van der Waals surface area contributed by atoms with Gasteiger partial charge in [0, 0.05) is 12.6 Å². The van der Waals surface area contributed by atoms with Crippen molar-refractivity contribution < 1.29 is 14.1 Å². The predicted molar refractivity (Wildman–Crippen MR) is 113 cm³/mol. The lowest BCUT2D eigenvalue weighted by Crippen LogP contribution is -2.31. The van der Waals surface area contributed by atoms with Crippen LogP contribution in [0.25, 0.3) is 16.8 Å². The van der Waals surface area contributed by atoms with Gasteiger partial charge in [0.2, 0.25) is 0 Å². The first-order valence-corrected chi connectivity index (χ1v) is 9.43. The molecule has 3 aromatic carbocycles. The summed E-state index contributed by atoms with van der Waals surface area (Å²) in [4.78, 5) is 15.3. The molecule has 0 spiro atoms. The molecule has 0 saturated heterocycles. The molecule has 1 heterocycles. The second-order valence-electron chi connectivity index (χ2n) is 6.69. The number of imidazole rings is 1. The van der Waals surface area contributed by atoms with E-state index < -0.39 is 0 Å². The fourth-order valence-corrected chi connectivity index (χ4v) is 3.12. The highest BCUT2D eigenvalue weighted by Gasteiger charge is 2.09. The summed E-state index contributed by atoms with van der Waals surface area (Å²) in [6.45, 7) is 1.96. The van der Waals surface area contributed by atoms with Crippen LogP contribution in [0.4, 0.5) is 5.69 Å². The Labute approximate surface area is 169 Å². The summed E-state index contributed by atoms with van der Waals surface area (Å²) in [6.07, 6.45) is 3.85. The van der Waals surface area contributed by atoms with E-state index in [1.807, 2.05) is 90.6 Å². The highest BCUT2D eigenvalue weighted by atomic mass is 16.5. The molecule has 0 fully saturated rings. The molecule has 0 radical (unpaired) electrons. The van der Waals surface area contributed by atoms with Crippen LogP contribution in [-0.4, -0.2) is 17.5 Å². The first kappa shape index (κ1) is 18.5. The van der Waals surface area contributed by atoms with Crippen LogP contribution < -0.4 is 14.6 Å². The van der Waals surface area contributed by atoms with Crippen molar-refractivity contribution in [3.8, 4) is 22.6 Å². The normalized spacial score (nSPS) is 10.5. The van der Waals surface area contributed by atoms with Crippen LogP contribution >= 0.6 is 0 Å². The molecule has 0 aliphatic carbocycles. The third-order valence-corrected chi connectivity index (χ3v) is 4.64. The standard InChI is InChI=1S/C24H21N3O2/c1-18-25-15-16-27(18)22-11-13-23(14-12-22)29-17-24(28)26-21-9-7-20(8-10-21)19-5-3-2-4-6-19/h2-16H,17H2,1H3,(H,26,28)/p+1. The van der Waals surface area contributed by atoms with Gasteiger partial charge in [-0.15, -0.1) is 0 Å². The lowest BCUT2D eigenvalue weighted by molar-refractivity contribution is -0.601. The third kappa shape index (κ3) is 4.52. The number of aromatic amines is 1. The SMILES string of the molecule is Cc1[nH]cc[n+]1-c1ccc(OCC(=O)Nc2ccc(-c3ccccc3)cc2)cc1. The summed E-state index contributed by atoms with van der Waals surface area (Å²) in [5.74, 6) is 1.49. The minimum Gasteiger partial charge on any atom is -0.484 e. The molecule has 1 amide bonds. The number of aromatic nitrogens is 2. The lowest BCUT2D eigenvalue weighted by Gasteiger charge is -2.09. The predicted octanol–water partition coefficient (Wildman–Crippen LogP) is 4.28. The second-order valence-corrected chi connectivity index (χ2v) is 6.69. The van der Waals surface area contributed by atoms with Crippen molar-refractivity contribution >= 4 is 11.6 Å². The average Bonchev–Trinajstić information content (AvgIpc) is 3.20. The van der Waals surface area contributed by atoms with E-state index in [0.717, 1.165) is 28.3 Å². The van der Waals surface area contributed by atoms with Crippen molar-refractivity contribution in [2.45, 2.75) is 6.92 Å². The quantitative estimate of drug-likeness (QED) is 0.488. The minimum absolute atomic E-state index is 0.0455. The van der Waals surface area contributed by atoms with Crippen LogP contribution in [-0.2, 0) is 4.79 Å². The van der Waals surface area contributed by atoms with Crippen molar-refractivity contribution in [3.63, 3.8) is 0 Å². The van der Waals surface area contributed by atoms with Crippen LogP contribution in [0, 0.1) is 6.92 Å². The average molecular weight is 384 g/mol. The molecule has 0 aliphatic heterocycles. The number of nitrogens with one attached hydrogen (secondary N) is 2. The number of amides is 1.